The van der Waals surface area contributed by atoms with Crippen LogP contribution < -0.4 is 0 Å². The van der Waals surface area contributed by atoms with Crippen LogP contribution in [0.2, 0.25) is 0 Å². The molecule has 0 N–H and O–H groups in total. The predicted octanol–water partition coefficient (Wildman–Crippen LogP) is 3.96. The van der Waals surface area contributed by atoms with Crippen LogP contribution in [-0.4, -0.2) is 37.6 Å². The Labute approximate surface area is 163 Å². The number of hydrogen-bond donors (Lipinski definition) is 0. The second-order valence-corrected chi connectivity index (χ2v) is 6.85. The van der Waals surface area contributed by atoms with Crippen molar-refractivity contribution in [2.75, 3.05) is 7.05 Å². The Morgan fingerprint density at radius 2 is 1.86 bits per heavy atom. The zero-order valence-electron chi connectivity index (χ0n) is 16.1. The van der Waals surface area contributed by atoms with Crippen molar-refractivity contribution in [3.8, 4) is 5.69 Å². The highest BCUT2D eigenvalue weighted by molar-refractivity contribution is 6.06. The molecular formula is C22H21N5O. The summed E-state index contributed by atoms with van der Waals surface area (Å²) < 4.78 is 1.70. The van der Waals surface area contributed by atoms with Crippen LogP contribution in [0.15, 0.2) is 67.3 Å². The highest BCUT2D eigenvalue weighted by Gasteiger charge is 2.21. The number of aryl methyl sites for hydroxylation is 1. The van der Waals surface area contributed by atoms with Crippen LogP contribution in [0.5, 0.6) is 0 Å². The Morgan fingerprint density at radius 3 is 2.57 bits per heavy atom. The summed E-state index contributed by atoms with van der Waals surface area (Å²) in [4.78, 5) is 23.5. The molecule has 2 aromatic carbocycles. The van der Waals surface area contributed by atoms with Crippen LogP contribution in [0.1, 0.15) is 34.6 Å². The summed E-state index contributed by atoms with van der Waals surface area (Å²) in [7, 11) is 1.84. The second kappa shape index (κ2) is 7.23. The minimum absolute atomic E-state index is 0.0189. The fourth-order valence-electron chi connectivity index (χ4n) is 3.32. The number of carbonyl (C=O) groups excluding carboxylic acids is 1. The van der Waals surface area contributed by atoms with Crippen LogP contribution >= 0.6 is 0 Å². The smallest absolute Gasteiger partial charge is 0.254 e. The maximum Gasteiger partial charge on any atom is 0.254 e. The van der Waals surface area contributed by atoms with Crippen LogP contribution in [0.3, 0.4) is 0 Å². The first-order chi connectivity index (χ1) is 13.5. The van der Waals surface area contributed by atoms with Crippen LogP contribution in [0.4, 0.5) is 0 Å². The van der Waals surface area contributed by atoms with Gasteiger partial charge in [0.15, 0.2) is 0 Å². The van der Waals surface area contributed by atoms with Crippen molar-refractivity contribution < 1.29 is 4.79 Å². The lowest BCUT2D eigenvalue weighted by Gasteiger charge is -2.26. The summed E-state index contributed by atoms with van der Waals surface area (Å²) >= 11 is 0. The molecule has 0 aliphatic carbocycles. The van der Waals surface area contributed by atoms with Crippen molar-refractivity contribution in [3.63, 3.8) is 0 Å². The largest absolute Gasteiger partial charge is 0.335 e. The molecule has 4 aromatic rings. The number of carbonyl (C=O) groups is 1. The number of nitrogens with zero attached hydrogens (tertiary/aromatic N) is 5. The van der Waals surface area contributed by atoms with Gasteiger partial charge >= 0.3 is 0 Å². The van der Waals surface area contributed by atoms with E-state index < -0.39 is 0 Å². The number of rotatable bonds is 4. The third-order valence-electron chi connectivity index (χ3n) is 5.03. The predicted molar refractivity (Wildman–Crippen MR) is 108 cm³/mol. The van der Waals surface area contributed by atoms with Crippen molar-refractivity contribution in [1.29, 1.82) is 0 Å². The first kappa shape index (κ1) is 17.9. The van der Waals surface area contributed by atoms with Gasteiger partial charge in [-0.05, 0) is 43.7 Å². The van der Waals surface area contributed by atoms with Crippen LogP contribution in [-0.2, 0) is 0 Å². The summed E-state index contributed by atoms with van der Waals surface area (Å²) in [6.45, 7) is 3.94. The average molecular weight is 371 g/mol. The van der Waals surface area contributed by atoms with E-state index in [9.17, 15) is 4.79 Å². The fraction of sp³-hybridized carbons (Fsp3) is 0.182. The van der Waals surface area contributed by atoms with E-state index in [1.54, 1.807) is 15.9 Å². The minimum atomic E-state index is -0.0791. The van der Waals surface area contributed by atoms with Gasteiger partial charge in [-0.25, -0.2) is 9.67 Å². The van der Waals surface area contributed by atoms with Gasteiger partial charge in [0.1, 0.15) is 12.7 Å². The zero-order chi connectivity index (χ0) is 19.7. The minimum Gasteiger partial charge on any atom is -0.335 e. The van der Waals surface area contributed by atoms with Gasteiger partial charge in [-0.15, -0.1) is 0 Å². The maximum absolute atomic E-state index is 13.3. The van der Waals surface area contributed by atoms with Gasteiger partial charge in [-0.3, -0.25) is 9.78 Å². The summed E-state index contributed by atoms with van der Waals surface area (Å²) in [5.41, 5.74) is 4.33. The Hall–Kier alpha value is -3.54. The van der Waals surface area contributed by atoms with E-state index in [1.807, 2.05) is 75.5 Å². The van der Waals surface area contributed by atoms with Gasteiger partial charge in [-0.2, -0.15) is 5.10 Å². The third-order valence-corrected chi connectivity index (χ3v) is 5.03. The Balaban J connectivity index is 1.62. The van der Waals surface area contributed by atoms with E-state index in [-0.39, 0.29) is 11.9 Å². The van der Waals surface area contributed by atoms with Gasteiger partial charge in [0, 0.05) is 18.1 Å². The van der Waals surface area contributed by atoms with Crippen molar-refractivity contribution in [1.82, 2.24) is 24.6 Å². The van der Waals surface area contributed by atoms with Crippen LogP contribution in [0, 0.1) is 6.92 Å². The van der Waals surface area contributed by atoms with Crippen molar-refractivity contribution in [2.24, 2.45) is 0 Å². The molecule has 1 amide bonds. The van der Waals surface area contributed by atoms with E-state index in [0.717, 1.165) is 27.8 Å². The first-order valence-electron chi connectivity index (χ1n) is 9.13. The SMILES string of the molecule is Cc1cc(C(=O)N(C)C(C)c2ccc(-n3cncn3)cc2)c2ccccc2n1. The molecule has 1 atom stereocenters. The lowest BCUT2D eigenvalue weighted by atomic mass is 10.0. The highest BCUT2D eigenvalue weighted by atomic mass is 16.2. The molecule has 6 heteroatoms. The van der Waals surface area contributed by atoms with Gasteiger partial charge < -0.3 is 4.90 Å². The van der Waals surface area contributed by atoms with Gasteiger partial charge in [0.2, 0.25) is 0 Å². The summed E-state index contributed by atoms with van der Waals surface area (Å²) in [5.74, 6) is -0.0189. The number of hydrogen-bond acceptors (Lipinski definition) is 4. The maximum atomic E-state index is 13.3. The third kappa shape index (κ3) is 3.24. The molecule has 0 fully saturated rings. The molecule has 140 valence electrons. The molecule has 2 heterocycles. The molecule has 2 aromatic heterocycles. The molecule has 6 nitrogen and oxygen atoms in total. The average Bonchev–Trinajstić information content (AvgIpc) is 3.26. The molecule has 0 radical (unpaired) electrons. The number of pyridine rings is 1. The molecule has 28 heavy (non-hydrogen) atoms. The second-order valence-electron chi connectivity index (χ2n) is 6.85. The molecular weight excluding hydrogens is 350 g/mol. The molecule has 0 bridgehead atoms. The highest BCUT2D eigenvalue weighted by Crippen LogP contribution is 2.25. The Kier molecular flexibility index (Phi) is 4.61. The topological polar surface area (TPSA) is 63.9 Å². The van der Waals surface area contributed by atoms with Crippen LogP contribution in [0.25, 0.3) is 16.6 Å². The molecule has 4 rings (SSSR count). The number of amides is 1. The number of fused-ring (bicyclic) bond motifs is 1. The van der Waals surface area contributed by atoms with E-state index in [0.29, 0.717) is 5.56 Å². The monoisotopic (exact) mass is 371 g/mol. The molecule has 0 saturated carbocycles. The summed E-state index contributed by atoms with van der Waals surface area (Å²) in [6.07, 6.45) is 3.16. The fourth-order valence-corrected chi connectivity index (χ4v) is 3.32. The summed E-state index contributed by atoms with van der Waals surface area (Å²) in [6, 6.07) is 17.5. The summed E-state index contributed by atoms with van der Waals surface area (Å²) in [5, 5.41) is 5.01. The lowest BCUT2D eigenvalue weighted by molar-refractivity contribution is 0.0744. The molecule has 0 saturated heterocycles. The number of benzene rings is 2. The molecule has 1 unspecified atom stereocenters. The van der Waals surface area contributed by atoms with Gasteiger partial charge in [0.05, 0.1) is 22.8 Å². The van der Waals surface area contributed by atoms with E-state index in [4.69, 9.17) is 0 Å². The molecule has 0 aliphatic heterocycles. The zero-order valence-corrected chi connectivity index (χ0v) is 16.1. The van der Waals surface area contributed by atoms with Crippen molar-refractivity contribution in [3.05, 3.63) is 84.1 Å². The molecule has 0 spiro atoms. The quantitative estimate of drug-likeness (QED) is 0.545. The molecule has 0 aliphatic rings. The van der Waals surface area contributed by atoms with Gasteiger partial charge in [-0.1, -0.05) is 30.3 Å². The van der Waals surface area contributed by atoms with E-state index in [1.165, 1.54) is 6.33 Å². The van der Waals surface area contributed by atoms with E-state index >= 15 is 0 Å². The van der Waals surface area contributed by atoms with Crippen molar-refractivity contribution >= 4 is 16.8 Å². The normalized spacial score (nSPS) is 12.1. The Bertz CT molecular complexity index is 1120. The number of aromatic nitrogens is 4. The number of para-hydroxylation sites is 1. The lowest BCUT2D eigenvalue weighted by Crippen LogP contribution is -2.30. The first-order valence-corrected chi connectivity index (χ1v) is 9.13. The standard InChI is InChI=1S/C22H21N5O/c1-15-12-20(19-6-4-5-7-21(19)25-15)22(28)26(3)16(2)17-8-10-18(11-9-17)27-14-23-13-24-27/h4-14,16H,1-3H3. The van der Waals surface area contributed by atoms with Gasteiger partial charge in [0.25, 0.3) is 5.91 Å². The van der Waals surface area contributed by atoms with E-state index in [2.05, 4.69) is 15.1 Å². The van der Waals surface area contributed by atoms with Crippen molar-refractivity contribution in [2.45, 2.75) is 19.9 Å². The Morgan fingerprint density at radius 1 is 1.11 bits per heavy atom.